The van der Waals surface area contributed by atoms with Crippen molar-refractivity contribution in [2.45, 2.75) is 53.4 Å². The molecule has 0 spiro atoms. The third-order valence-corrected chi connectivity index (χ3v) is 3.52. The van der Waals surface area contributed by atoms with Crippen LogP contribution in [0.4, 0.5) is 5.95 Å². The highest BCUT2D eigenvalue weighted by Gasteiger charge is 2.18. The second kappa shape index (κ2) is 9.38. The third-order valence-electron chi connectivity index (χ3n) is 3.52. The minimum absolute atomic E-state index is 0.0133. The predicted molar refractivity (Wildman–Crippen MR) is 91.4 cm³/mol. The van der Waals surface area contributed by atoms with Gasteiger partial charge in [0, 0.05) is 32.4 Å². The fraction of sp³-hybridized carbons (Fsp3) is 0.706. The van der Waals surface area contributed by atoms with Crippen molar-refractivity contribution in [3.63, 3.8) is 0 Å². The number of rotatable bonds is 9. The highest BCUT2D eigenvalue weighted by molar-refractivity contribution is 5.92. The molecule has 0 aliphatic heterocycles. The normalized spacial score (nSPS) is 10.6. The van der Waals surface area contributed by atoms with Crippen LogP contribution in [0, 0.1) is 6.92 Å². The fourth-order valence-electron chi connectivity index (χ4n) is 2.35. The Balaban J connectivity index is 2.98. The third kappa shape index (κ3) is 5.28. The number of nitrogens with zero attached hydrogens (tertiary/aromatic N) is 4. The standard InChI is InChI=1S/C17H30N4O/c1-6-9-12-20(5)17-18-14(4)13-15(19-17)16(22)21(10-7-2)11-8-3/h13H,6-12H2,1-5H3. The van der Waals surface area contributed by atoms with Gasteiger partial charge in [0.2, 0.25) is 5.95 Å². The molecule has 0 aromatic carbocycles. The number of carbonyl (C=O) groups is 1. The van der Waals surface area contributed by atoms with Crippen molar-refractivity contribution in [2.24, 2.45) is 0 Å². The lowest BCUT2D eigenvalue weighted by Crippen LogP contribution is -2.33. The molecule has 0 N–H and O–H groups in total. The van der Waals surface area contributed by atoms with Crippen molar-refractivity contribution in [2.75, 3.05) is 31.6 Å². The Morgan fingerprint density at radius 2 is 1.68 bits per heavy atom. The van der Waals surface area contributed by atoms with E-state index in [1.54, 1.807) is 6.07 Å². The van der Waals surface area contributed by atoms with E-state index in [1.165, 1.54) is 0 Å². The average Bonchev–Trinajstić information content (AvgIpc) is 2.51. The molecule has 1 amide bonds. The second-order valence-electron chi connectivity index (χ2n) is 5.76. The van der Waals surface area contributed by atoms with Gasteiger partial charge in [-0.3, -0.25) is 4.79 Å². The summed E-state index contributed by atoms with van der Waals surface area (Å²) in [5.41, 5.74) is 1.34. The Labute approximate surface area is 134 Å². The molecule has 0 saturated carbocycles. The Hall–Kier alpha value is -1.65. The zero-order valence-corrected chi connectivity index (χ0v) is 14.7. The van der Waals surface area contributed by atoms with E-state index in [9.17, 15) is 4.79 Å². The number of unbranched alkanes of at least 4 members (excludes halogenated alkanes) is 1. The van der Waals surface area contributed by atoms with Crippen molar-refractivity contribution in [1.29, 1.82) is 0 Å². The summed E-state index contributed by atoms with van der Waals surface area (Å²) in [6.07, 6.45) is 4.13. The van der Waals surface area contributed by atoms with Gasteiger partial charge in [-0.15, -0.1) is 0 Å². The van der Waals surface area contributed by atoms with Gasteiger partial charge in [-0.1, -0.05) is 27.2 Å². The molecular formula is C17H30N4O. The van der Waals surface area contributed by atoms with Gasteiger partial charge in [-0.25, -0.2) is 9.97 Å². The van der Waals surface area contributed by atoms with Crippen molar-refractivity contribution in [3.8, 4) is 0 Å². The molecule has 5 heteroatoms. The lowest BCUT2D eigenvalue weighted by Gasteiger charge is -2.22. The average molecular weight is 306 g/mol. The van der Waals surface area contributed by atoms with Gasteiger partial charge in [0.05, 0.1) is 0 Å². The molecule has 0 unspecified atom stereocenters. The molecule has 22 heavy (non-hydrogen) atoms. The molecule has 0 fully saturated rings. The highest BCUT2D eigenvalue weighted by atomic mass is 16.2. The first kappa shape index (κ1) is 18.4. The first-order valence-electron chi connectivity index (χ1n) is 8.39. The van der Waals surface area contributed by atoms with E-state index >= 15 is 0 Å². The maximum absolute atomic E-state index is 12.7. The number of amides is 1. The molecule has 1 aromatic heterocycles. The van der Waals surface area contributed by atoms with Crippen LogP contribution < -0.4 is 4.90 Å². The Kier molecular flexibility index (Phi) is 7.85. The zero-order chi connectivity index (χ0) is 16.5. The maximum atomic E-state index is 12.7. The molecule has 0 aliphatic carbocycles. The molecule has 0 bridgehead atoms. The number of carbonyl (C=O) groups excluding carboxylic acids is 1. The second-order valence-corrected chi connectivity index (χ2v) is 5.76. The van der Waals surface area contributed by atoms with Crippen LogP contribution in [0.1, 0.15) is 62.6 Å². The summed E-state index contributed by atoms with van der Waals surface area (Å²) >= 11 is 0. The topological polar surface area (TPSA) is 49.3 Å². The lowest BCUT2D eigenvalue weighted by molar-refractivity contribution is 0.0749. The molecule has 0 aliphatic rings. The van der Waals surface area contributed by atoms with Crippen molar-refractivity contribution >= 4 is 11.9 Å². The Morgan fingerprint density at radius 1 is 1.05 bits per heavy atom. The fourth-order valence-corrected chi connectivity index (χ4v) is 2.35. The predicted octanol–water partition coefficient (Wildman–Crippen LogP) is 3.28. The summed E-state index contributed by atoms with van der Waals surface area (Å²) in [5.74, 6) is 0.657. The Bertz CT molecular complexity index is 470. The summed E-state index contributed by atoms with van der Waals surface area (Å²) in [4.78, 5) is 25.6. The van der Waals surface area contributed by atoms with Crippen LogP contribution in [0.5, 0.6) is 0 Å². The van der Waals surface area contributed by atoms with E-state index in [1.807, 2.05) is 23.8 Å². The van der Waals surface area contributed by atoms with Crippen LogP contribution in [0.15, 0.2) is 6.07 Å². The van der Waals surface area contributed by atoms with E-state index in [4.69, 9.17) is 0 Å². The summed E-state index contributed by atoms with van der Waals surface area (Å²) < 4.78 is 0. The van der Waals surface area contributed by atoms with Crippen LogP contribution in [0.2, 0.25) is 0 Å². The number of hydrogen-bond donors (Lipinski definition) is 0. The van der Waals surface area contributed by atoms with E-state index in [0.717, 1.165) is 51.0 Å². The number of anilines is 1. The molecule has 0 atom stereocenters. The van der Waals surface area contributed by atoms with Crippen molar-refractivity contribution < 1.29 is 4.79 Å². The molecule has 0 saturated heterocycles. The summed E-state index contributed by atoms with van der Waals surface area (Å²) in [7, 11) is 1.98. The van der Waals surface area contributed by atoms with E-state index < -0.39 is 0 Å². The van der Waals surface area contributed by atoms with E-state index in [2.05, 4.69) is 30.7 Å². The molecule has 5 nitrogen and oxygen atoms in total. The van der Waals surface area contributed by atoms with Crippen molar-refractivity contribution in [1.82, 2.24) is 14.9 Å². The number of aromatic nitrogens is 2. The van der Waals surface area contributed by atoms with Gasteiger partial charge < -0.3 is 9.80 Å². The summed E-state index contributed by atoms with van der Waals surface area (Å²) in [6, 6.07) is 1.79. The van der Waals surface area contributed by atoms with Crippen molar-refractivity contribution in [3.05, 3.63) is 17.5 Å². The quantitative estimate of drug-likeness (QED) is 0.702. The molecule has 124 valence electrons. The highest BCUT2D eigenvalue weighted by Crippen LogP contribution is 2.12. The Morgan fingerprint density at radius 3 is 2.23 bits per heavy atom. The molecule has 0 radical (unpaired) electrons. The first-order valence-corrected chi connectivity index (χ1v) is 8.39. The zero-order valence-electron chi connectivity index (χ0n) is 14.7. The minimum atomic E-state index is 0.0133. The van der Waals surface area contributed by atoms with Crippen LogP contribution >= 0.6 is 0 Å². The smallest absolute Gasteiger partial charge is 0.272 e. The van der Waals surface area contributed by atoms with Gasteiger partial charge in [-0.05, 0) is 32.3 Å². The van der Waals surface area contributed by atoms with Crippen LogP contribution in [0.3, 0.4) is 0 Å². The number of hydrogen-bond acceptors (Lipinski definition) is 4. The molecule has 1 heterocycles. The van der Waals surface area contributed by atoms with E-state index in [0.29, 0.717) is 11.6 Å². The van der Waals surface area contributed by atoms with E-state index in [-0.39, 0.29) is 5.91 Å². The summed E-state index contributed by atoms with van der Waals surface area (Å²) in [5, 5.41) is 0. The lowest BCUT2D eigenvalue weighted by atomic mass is 10.2. The largest absolute Gasteiger partial charge is 0.344 e. The van der Waals surface area contributed by atoms with Gasteiger partial charge in [-0.2, -0.15) is 0 Å². The first-order chi connectivity index (χ1) is 10.5. The maximum Gasteiger partial charge on any atom is 0.272 e. The van der Waals surface area contributed by atoms with Gasteiger partial charge in [0.25, 0.3) is 5.91 Å². The van der Waals surface area contributed by atoms with Gasteiger partial charge in [0.15, 0.2) is 0 Å². The molecule has 1 rings (SSSR count). The van der Waals surface area contributed by atoms with Crippen LogP contribution in [0.25, 0.3) is 0 Å². The van der Waals surface area contributed by atoms with Crippen LogP contribution in [-0.2, 0) is 0 Å². The van der Waals surface area contributed by atoms with Gasteiger partial charge >= 0.3 is 0 Å². The van der Waals surface area contributed by atoms with Gasteiger partial charge in [0.1, 0.15) is 5.69 Å². The molecular weight excluding hydrogens is 276 g/mol. The monoisotopic (exact) mass is 306 g/mol. The minimum Gasteiger partial charge on any atom is -0.344 e. The summed E-state index contributed by atoms with van der Waals surface area (Å²) in [6.45, 7) is 10.7. The number of aryl methyl sites for hydroxylation is 1. The molecule has 1 aromatic rings. The van der Waals surface area contributed by atoms with Crippen LogP contribution in [-0.4, -0.2) is 47.5 Å². The SMILES string of the molecule is CCCCN(C)c1nc(C)cc(C(=O)N(CCC)CCC)n1.